The van der Waals surface area contributed by atoms with Gasteiger partial charge < -0.3 is 14.4 Å². The molecule has 1 N–H and O–H groups in total. The van der Waals surface area contributed by atoms with Gasteiger partial charge in [0.1, 0.15) is 16.5 Å². The summed E-state index contributed by atoms with van der Waals surface area (Å²) in [6.45, 7) is -0.0768. The third-order valence-electron chi connectivity index (χ3n) is 4.05. The number of ether oxygens (including phenoxy) is 2. The summed E-state index contributed by atoms with van der Waals surface area (Å²) >= 11 is 0. The third-order valence-corrected chi connectivity index (χ3v) is 5.49. The first-order valence-corrected chi connectivity index (χ1v) is 9.51. The summed E-state index contributed by atoms with van der Waals surface area (Å²) in [5.74, 6) is -1.21. The SMILES string of the molecule is COc1cc(F)c(S(=O)(=O)NC[C@H](c2cccc(F)c2)N(C)C)cc1OC. The third kappa shape index (κ3) is 4.94. The molecule has 0 aromatic heterocycles. The van der Waals surface area contributed by atoms with Crippen molar-refractivity contribution in [3.8, 4) is 11.5 Å². The standard InChI is InChI=1S/C18H22F2N2O4S/c1-22(2)15(12-6-5-7-13(19)8-12)11-21-27(23,24)18-10-17(26-4)16(25-3)9-14(18)20/h5-10,15,21H,11H2,1-4H3/t15-/m1/s1. The lowest BCUT2D eigenvalue weighted by atomic mass is 10.1. The minimum atomic E-state index is -4.18. The van der Waals surface area contributed by atoms with Crippen molar-refractivity contribution in [3.63, 3.8) is 0 Å². The van der Waals surface area contributed by atoms with Crippen molar-refractivity contribution in [2.45, 2.75) is 10.9 Å². The van der Waals surface area contributed by atoms with Crippen LogP contribution in [0.4, 0.5) is 8.78 Å². The van der Waals surface area contributed by atoms with E-state index in [0.29, 0.717) is 5.56 Å². The topological polar surface area (TPSA) is 67.9 Å². The highest BCUT2D eigenvalue weighted by Gasteiger charge is 2.25. The molecule has 0 radical (unpaired) electrons. The predicted octanol–water partition coefficient (Wildman–Crippen LogP) is 2.56. The fourth-order valence-electron chi connectivity index (χ4n) is 2.62. The summed E-state index contributed by atoms with van der Waals surface area (Å²) in [7, 11) is 1.95. The van der Waals surface area contributed by atoms with Crippen LogP contribution in [0.2, 0.25) is 0 Å². The monoisotopic (exact) mass is 400 g/mol. The maximum Gasteiger partial charge on any atom is 0.243 e. The summed E-state index contributed by atoms with van der Waals surface area (Å²) in [5, 5.41) is 0. The Morgan fingerprint density at radius 1 is 1.07 bits per heavy atom. The Balaban J connectivity index is 2.30. The number of hydrogen-bond donors (Lipinski definition) is 1. The Hall–Kier alpha value is -2.23. The molecule has 2 rings (SSSR count). The highest BCUT2D eigenvalue weighted by atomic mass is 32.2. The van der Waals surface area contributed by atoms with Crippen LogP contribution in [-0.4, -0.2) is 48.2 Å². The van der Waals surface area contributed by atoms with E-state index in [9.17, 15) is 17.2 Å². The molecule has 0 spiro atoms. The van der Waals surface area contributed by atoms with Crippen molar-refractivity contribution in [1.82, 2.24) is 9.62 Å². The van der Waals surface area contributed by atoms with Crippen LogP contribution in [0.3, 0.4) is 0 Å². The lowest BCUT2D eigenvalue weighted by Crippen LogP contribution is -2.35. The molecule has 27 heavy (non-hydrogen) atoms. The zero-order chi connectivity index (χ0) is 20.2. The van der Waals surface area contributed by atoms with E-state index < -0.39 is 32.6 Å². The number of halogens is 2. The second kappa shape index (κ2) is 8.64. The van der Waals surface area contributed by atoms with Gasteiger partial charge >= 0.3 is 0 Å². The second-order valence-electron chi connectivity index (χ2n) is 6.02. The molecule has 2 aromatic carbocycles. The Morgan fingerprint density at radius 2 is 1.70 bits per heavy atom. The molecule has 0 amide bonds. The normalized spacial score (nSPS) is 12.9. The summed E-state index contributed by atoms with van der Waals surface area (Å²) in [6, 6.07) is 7.43. The van der Waals surface area contributed by atoms with Crippen LogP contribution >= 0.6 is 0 Å². The van der Waals surface area contributed by atoms with Crippen molar-refractivity contribution >= 4 is 10.0 Å². The highest BCUT2D eigenvalue weighted by molar-refractivity contribution is 7.89. The molecule has 0 aliphatic carbocycles. The van der Waals surface area contributed by atoms with Crippen molar-refractivity contribution in [2.75, 3.05) is 34.9 Å². The molecule has 0 saturated carbocycles. The Labute approximate surface area is 157 Å². The van der Waals surface area contributed by atoms with Gasteiger partial charge in [0, 0.05) is 24.7 Å². The number of benzene rings is 2. The van der Waals surface area contributed by atoms with Gasteiger partial charge in [-0.3, -0.25) is 0 Å². The van der Waals surface area contributed by atoms with Crippen LogP contribution in [0, 0.1) is 11.6 Å². The van der Waals surface area contributed by atoms with Crippen molar-refractivity contribution in [3.05, 3.63) is 53.6 Å². The van der Waals surface area contributed by atoms with E-state index in [1.165, 1.54) is 26.4 Å². The highest BCUT2D eigenvalue weighted by Crippen LogP contribution is 2.32. The van der Waals surface area contributed by atoms with E-state index in [1.54, 1.807) is 31.1 Å². The van der Waals surface area contributed by atoms with Gasteiger partial charge in [-0.15, -0.1) is 0 Å². The Bertz CT molecular complexity index is 904. The maximum atomic E-state index is 14.3. The van der Waals surface area contributed by atoms with Crippen LogP contribution in [0.25, 0.3) is 0 Å². The minimum Gasteiger partial charge on any atom is -0.493 e. The summed E-state index contributed by atoms with van der Waals surface area (Å²) < 4.78 is 65.4. The molecule has 1 atom stereocenters. The Morgan fingerprint density at radius 3 is 2.26 bits per heavy atom. The van der Waals surface area contributed by atoms with E-state index in [0.717, 1.165) is 12.1 Å². The average Bonchev–Trinajstić information content (AvgIpc) is 2.61. The number of nitrogens with zero attached hydrogens (tertiary/aromatic N) is 1. The lowest BCUT2D eigenvalue weighted by Gasteiger charge is -2.25. The fourth-order valence-corrected chi connectivity index (χ4v) is 3.73. The van der Waals surface area contributed by atoms with Gasteiger partial charge in [0.05, 0.1) is 14.2 Å². The minimum absolute atomic E-state index is 0.0768. The molecule has 148 valence electrons. The molecule has 0 fully saturated rings. The number of sulfonamides is 1. The molecule has 0 aliphatic rings. The number of likely N-dealkylation sites (N-methyl/N-ethyl adjacent to an activating group) is 1. The number of rotatable bonds is 8. The number of methoxy groups -OCH3 is 2. The fraction of sp³-hybridized carbons (Fsp3) is 0.333. The largest absolute Gasteiger partial charge is 0.493 e. The zero-order valence-corrected chi connectivity index (χ0v) is 16.3. The molecule has 0 heterocycles. The van der Waals surface area contributed by atoms with Crippen molar-refractivity contribution in [1.29, 1.82) is 0 Å². The molecular weight excluding hydrogens is 378 g/mol. The van der Waals surface area contributed by atoms with Gasteiger partial charge in [0.15, 0.2) is 11.5 Å². The molecule has 6 nitrogen and oxygen atoms in total. The van der Waals surface area contributed by atoms with Gasteiger partial charge in [-0.05, 0) is 31.8 Å². The predicted molar refractivity (Wildman–Crippen MR) is 97.5 cm³/mol. The first kappa shape index (κ1) is 21.1. The van der Waals surface area contributed by atoms with Gasteiger partial charge in [0.25, 0.3) is 0 Å². The molecule has 9 heteroatoms. The maximum absolute atomic E-state index is 14.3. The molecular formula is C18H22F2N2O4S. The van der Waals surface area contributed by atoms with Crippen molar-refractivity contribution < 1.29 is 26.7 Å². The number of nitrogens with one attached hydrogen (secondary N) is 1. The average molecular weight is 400 g/mol. The van der Waals surface area contributed by atoms with E-state index in [1.807, 2.05) is 0 Å². The van der Waals surface area contributed by atoms with Gasteiger partial charge in [-0.1, -0.05) is 12.1 Å². The molecule has 0 aliphatic heterocycles. The van der Waals surface area contributed by atoms with Gasteiger partial charge in [-0.25, -0.2) is 21.9 Å². The van der Waals surface area contributed by atoms with Crippen LogP contribution in [0.5, 0.6) is 11.5 Å². The summed E-state index contributed by atoms with van der Waals surface area (Å²) in [6.07, 6.45) is 0. The molecule has 0 unspecified atom stereocenters. The van der Waals surface area contributed by atoms with Gasteiger partial charge in [-0.2, -0.15) is 0 Å². The first-order chi connectivity index (χ1) is 12.7. The van der Waals surface area contributed by atoms with E-state index in [2.05, 4.69) is 4.72 Å². The zero-order valence-electron chi connectivity index (χ0n) is 15.5. The first-order valence-electron chi connectivity index (χ1n) is 8.02. The molecule has 0 saturated heterocycles. The van der Waals surface area contributed by atoms with E-state index >= 15 is 0 Å². The molecule has 2 aromatic rings. The molecule has 0 bridgehead atoms. The van der Waals surface area contributed by atoms with Crippen molar-refractivity contribution in [2.24, 2.45) is 0 Å². The van der Waals surface area contributed by atoms with E-state index in [-0.39, 0.29) is 18.0 Å². The number of hydrogen-bond acceptors (Lipinski definition) is 5. The van der Waals surface area contributed by atoms with Crippen LogP contribution in [0.1, 0.15) is 11.6 Å². The van der Waals surface area contributed by atoms with Gasteiger partial charge in [0.2, 0.25) is 10.0 Å². The van der Waals surface area contributed by atoms with Crippen LogP contribution < -0.4 is 14.2 Å². The second-order valence-corrected chi connectivity index (χ2v) is 7.76. The quantitative estimate of drug-likeness (QED) is 0.738. The smallest absolute Gasteiger partial charge is 0.243 e. The lowest BCUT2D eigenvalue weighted by molar-refractivity contribution is 0.298. The van der Waals surface area contributed by atoms with Crippen LogP contribution in [-0.2, 0) is 10.0 Å². The summed E-state index contributed by atoms with van der Waals surface area (Å²) in [4.78, 5) is 1.18. The Kier molecular flexibility index (Phi) is 6.74. The summed E-state index contributed by atoms with van der Waals surface area (Å²) in [5.41, 5.74) is 0.593. The van der Waals surface area contributed by atoms with Crippen LogP contribution in [0.15, 0.2) is 41.3 Å². The van der Waals surface area contributed by atoms with E-state index in [4.69, 9.17) is 9.47 Å².